The van der Waals surface area contributed by atoms with E-state index in [0.29, 0.717) is 48.8 Å². The highest BCUT2D eigenvalue weighted by molar-refractivity contribution is 7.17. The van der Waals surface area contributed by atoms with Crippen molar-refractivity contribution >= 4 is 21.6 Å². The fourth-order valence-corrected chi connectivity index (χ4v) is 2.88. The van der Waals surface area contributed by atoms with Crippen molar-refractivity contribution in [3.8, 4) is 0 Å². The van der Waals surface area contributed by atoms with Crippen molar-refractivity contribution < 1.29 is 9.84 Å². The first-order valence-corrected chi connectivity index (χ1v) is 7.02. The average Bonchev–Trinajstić information content (AvgIpc) is 2.98. The van der Waals surface area contributed by atoms with Crippen LogP contribution in [0.25, 0.3) is 10.2 Å². The maximum Gasteiger partial charge on any atom is 0.268 e. The Hall–Kier alpha value is -1.28. The summed E-state index contributed by atoms with van der Waals surface area (Å²) in [6.45, 7) is 1.80. The van der Waals surface area contributed by atoms with E-state index in [0.717, 1.165) is 0 Å². The van der Waals surface area contributed by atoms with Crippen LogP contribution in [0.15, 0.2) is 16.2 Å². The minimum absolute atomic E-state index is 0.111. The van der Waals surface area contributed by atoms with Gasteiger partial charge < -0.3 is 20.1 Å². The number of hydrogen-bond donors (Lipinski definition) is 3. The number of aliphatic hydroxyl groups is 1. The maximum atomic E-state index is 11.8. The molecule has 6 nitrogen and oxygen atoms in total. The Bertz CT molecular complexity index is 630. The monoisotopic (exact) mass is 281 g/mol. The summed E-state index contributed by atoms with van der Waals surface area (Å²) < 4.78 is 5.81. The topological polar surface area (TPSA) is 87.2 Å². The van der Waals surface area contributed by atoms with Gasteiger partial charge in [0.05, 0.1) is 18.7 Å². The second-order valence-electron chi connectivity index (χ2n) is 4.78. The summed E-state index contributed by atoms with van der Waals surface area (Å²) in [5.41, 5.74) is -0.194. The van der Waals surface area contributed by atoms with Crippen molar-refractivity contribution in [2.45, 2.75) is 18.6 Å². The lowest BCUT2D eigenvalue weighted by Gasteiger charge is -2.20. The van der Waals surface area contributed by atoms with Gasteiger partial charge in [-0.05, 0) is 11.4 Å². The Labute approximate surface area is 113 Å². The Morgan fingerprint density at radius 2 is 2.53 bits per heavy atom. The zero-order chi connectivity index (χ0) is 13.3. The molecule has 0 aliphatic carbocycles. The Kier molecular flexibility index (Phi) is 3.36. The molecule has 1 aliphatic heterocycles. The number of hydrogen-bond acceptors (Lipinski definition) is 6. The van der Waals surface area contributed by atoms with Gasteiger partial charge in [-0.1, -0.05) is 0 Å². The van der Waals surface area contributed by atoms with Gasteiger partial charge in [0, 0.05) is 19.6 Å². The van der Waals surface area contributed by atoms with E-state index < -0.39 is 5.60 Å². The first kappa shape index (κ1) is 12.7. The van der Waals surface area contributed by atoms with Crippen molar-refractivity contribution in [2.24, 2.45) is 0 Å². The van der Waals surface area contributed by atoms with Crippen LogP contribution in [0.2, 0.25) is 0 Å². The molecule has 2 aromatic rings. The molecule has 0 saturated carbocycles. The number of thiophene rings is 1. The quantitative estimate of drug-likeness (QED) is 0.746. The third-order valence-electron chi connectivity index (χ3n) is 3.19. The van der Waals surface area contributed by atoms with Crippen LogP contribution in [0.1, 0.15) is 12.2 Å². The van der Waals surface area contributed by atoms with E-state index in [1.807, 2.05) is 11.4 Å². The number of nitrogens with one attached hydrogen (secondary N) is 2. The van der Waals surface area contributed by atoms with Crippen molar-refractivity contribution in [1.29, 1.82) is 0 Å². The second kappa shape index (κ2) is 5.01. The van der Waals surface area contributed by atoms with E-state index in [4.69, 9.17) is 4.74 Å². The van der Waals surface area contributed by atoms with Gasteiger partial charge in [-0.15, -0.1) is 11.3 Å². The molecular formula is C12H15N3O3S. The van der Waals surface area contributed by atoms with Gasteiger partial charge >= 0.3 is 0 Å². The number of aromatic nitrogens is 2. The SMILES string of the molecule is O=c1[nH]c(CNCC2(O)CCOC2)nc2ccsc12. The summed E-state index contributed by atoms with van der Waals surface area (Å²) in [7, 11) is 0. The molecule has 7 heteroatoms. The van der Waals surface area contributed by atoms with E-state index in [-0.39, 0.29) is 5.56 Å². The molecule has 0 amide bonds. The van der Waals surface area contributed by atoms with Gasteiger partial charge in [0.2, 0.25) is 0 Å². The average molecular weight is 281 g/mol. The van der Waals surface area contributed by atoms with Gasteiger partial charge in [0.15, 0.2) is 0 Å². The number of H-pyrrole nitrogens is 1. The second-order valence-corrected chi connectivity index (χ2v) is 5.69. The van der Waals surface area contributed by atoms with Crippen LogP contribution in [-0.4, -0.2) is 40.4 Å². The molecular weight excluding hydrogens is 266 g/mol. The van der Waals surface area contributed by atoms with E-state index in [1.165, 1.54) is 11.3 Å². The van der Waals surface area contributed by atoms with Crippen LogP contribution in [0, 0.1) is 0 Å². The van der Waals surface area contributed by atoms with Crippen LogP contribution < -0.4 is 10.9 Å². The summed E-state index contributed by atoms with van der Waals surface area (Å²) in [6, 6.07) is 1.83. The Morgan fingerprint density at radius 3 is 3.32 bits per heavy atom. The third-order valence-corrected chi connectivity index (χ3v) is 4.10. The van der Waals surface area contributed by atoms with Gasteiger partial charge in [-0.25, -0.2) is 4.98 Å². The first-order valence-electron chi connectivity index (χ1n) is 6.14. The molecule has 0 aromatic carbocycles. The van der Waals surface area contributed by atoms with Gasteiger partial charge in [-0.3, -0.25) is 4.79 Å². The van der Waals surface area contributed by atoms with Crippen molar-refractivity contribution in [3.63, 3.8) is 0 Å². The van der Waals surface area contributed by atoms with E-state index in [9.17, 15) is 9.90 Å². The minimum atomic E-state index is -0.799. The fraction of sp³-hybridized carbons (Fsp3) is 0.500. The molecule has 1 atom stereocenters. The first-order chi connectivity index (χ1) is 9.16. The molecule has 3 rings (SSSR count). The summed E-state index contributed by atoms with van der Waals surface area (Å²) in [6.07, 6.45) is 0.632. The standard InChI is InChI=1S/C12H15N3O3S/c16-11-10-8(1-4-19-10)14-9(15-11)5-13-6-12(17)2-3-18-7-12/h1,4,13,17H,2-3,5-7H2,(H,14,15,16). The molecule has 0 bridgehead atoms. The molecule has 19 heavy (non-hydrogen) atoms. The van der Waals surface area contributed by atoms with Crippen LogP contribution in [0.5, 0.6) is 0 Å². The summed E-state index contributed by atoms with van der Waals surface area (Å²) in [4.78, 5) is 18.9. The van der Waals surface area contributed by atoms with Crippen LogP contribution in [-0.2, 0) is 11.3 Å². The molecule has 3 heterocycles. The van der Waals surface area contributed by atoms with E-state index >= 15 is 0 Å². The van der Waals surface area contributed by atoms with Crippen LogP contribution in [0.4, 0.5) is 0 Å². The number of nitrogens with zero attached hydrogens (tertiary/aromatic N) is 1. The highest BCUT2D eigenvalue weighted by Crippen LogP contribution is 2.17. The van der Waals surface area contributed by atoms with Gasteiger partial charge in [-0.2, -0.15) is 0 Å². The Balaban J connectivity index is 1.66. The lowest BCUT2D eigenvalue weighted by atomic mass is 10.0. The van der Waals surface area contributed by atoms with Crippen molar-refractivity contribution in [2.75, 3.05) is 19.8 Å². The molecule has 1 unspecified atom stereocenters. The molecule has 0 spiro atoms. The highest BCUT2D eigenvalue weighted by atomic mass is 32.1. The van der Waals surface area contributed by atoms with E-state index in [1.54, 1.807) is 0 Å². The molecule has 0 radical (unpaired) electrons. The van der Waals surface area contributed by atoms with E-state index in [2.05, 4.69) is 15.3 Å². The molecule has 102 valence electrons. The predicted octanol–water partition coefficient (Wildman–Crippen LogP) is 0.226. The molecule has 2 aromatic heterocycles. The molecule has 1 fully saturated rings. The molecule has 3 N–H and O–H groups in total. The van der Waals surface area contributed by atoms with Crippen LogP contribution >= 0.6 is 11.3 Å². The summed E-state index contributed by atoms with van der Waals surface area (Å²) >= 11 is 1.38. The maximum absolute atomic E-state index is 11.8. The van der Waals surface area contributed by atoms with Gasteiger partial charge in [0.1, 0.15) is 16.1 Å². The number of fused-ring (bicyclic) bond motifs is 1. The number of ether oxygens (including phenoxy) is 1. The zero-order valence-corrected chi connectivity index (χ0v) is 11.1. The third kappa shape index (κ3) is 2.69. The number of aromatic amines is 1. The predicted molar refractivity (Wildman–Crippen MR) is 72.3 cm³/mol. The lowest BCUT2D eigenvalue weighted by Crippen LogP contribution is -2.41. The minimum Gasteiger partial charge on any atom is -0.386 e. The zero-order valence-electron chi connectivity index (χ0n) is 10.3. The molecule has 1 aliphatic rings. The smallest absolute Gasteiger partial charge is 0.268 e. The van der Waals surface area contributed by atoms with Crippen molar-refractivity contribution in [3.05, 3.63) is 27.6 Å². The highest BCUT2D eigenvalue weighted by Gasteiger charge is 2.31. The van der Waals surface area contributed by atoms with Crippen molar-refractivity contribution in [1.82, 2.24) is 15.3 Å². The fourth-order valence-electron chi connectivity index (χ4n) is 2.15. The summed E-state index contributed by atoms with van der Waals surface area (Å²) in [5, 5.41) is 15.0. The number of rotatable bonds is 4. The Morgan fingerprint density at radius 1 is 1.63 bits per heavy atom. The normalized spacial score (nSPS) is 23.2. The largest absolute Gasteiger partial charge is 0.386 e. The summed E-state index contributed by atoms with van der Waals surface area (Å²) in [5.74, 6) is 0.582. The van der Waals surface area contributed by atoms with Crippen LogP contribution in [0.3, 0.4) is 0 Å². The van der Waals surface area contributed by atoms with Gasteiger partial charge in [0.25, 0.3) is 5.56 Å². The lowest BCUT2D eigenvalue weighted by molar-refractivity contribution is 0.0267. The molecule has 1 saturated heterocycles.